The molecule has 0 saturated carbocycles. The minimum absolute atomic E-state index is 0.293. The van der Waals surface area contributed by atoms with Gasteiger partial charge in [-0.2, -0.15) is 0 Å². The van der Waals surface area contributed by atoms with Crippen molar-refractivity contribution in [2.75, 3.05) is 13.1 Å². The van der Waals surface area contributed by atoms with Gasteiger partial charge in [-0.3, -0.25) is 9.69 Å². The average molecular weight is 322 g/mol. The Hall–Kier alpha value is -2.13. The Bertz CT molecular complexity index is 670. The summed E-state index contributed by atoms with van der Waals surface area (Å²) >= 11 is 0. The van der Waals surface area contributed by atoms with Gasteiger partial charge >= 0.3 is 0 Å². The molecule has 0 bridgehead atoms. The van der Waals surface area contributed by atoms with Crippen LogP contribution in [-0.2, 0) is 11.2 Å². The number of piperidine rings is 1. The van der Waals surface area contributed by atoms with Gasteiger partial charge in [0.15, 0.2) is 0 Å². The number of hydrogen-bond donors (Lipinski definition) is 1. The van der Waals surface area contributed by atoms with Crippen LogP contribution >= 0.6 is 0 Å². The monoisotopic (exact) mass is 322 g/mol. The maximum Gasteiger partial charge on any atom is 0.221 e. The Balaban J connectivity index is 1.70. The van der Waals surface area contributed by atoms with Gasteiger partial charge in [0.1, 0.15) is 0 Å². The van der Waals surface area contributed by atoms with E-state index in [-0.39, 0.29) is 5.91 Å². The third-order valence-electron chi connectivity index (χ3n) is 5.00. The van der Waals surface area contributed by atoms with Crippen molar-refractivity contribution in [2.24, 2.45) is 5.73 Å². The van der Waals surface area contributed by atoms with Crippen LogP contribution < -0.4 is 5.73 Å². The van der Waals surface area contributed by atoms with E-state index in [0.29, 0.717) is 12.5 Å². The molecule has 0 aromatic heterocycles. The number of carbonyl (C=O) groups is 1. The lowest BCUT2D eigenvalue weighted by atomic mass is 9.98. The van der Waals surface area contributed by atoms with E-state index in [2.05, 4.69) is 48.2 Å². The van der Waals surface area contributed by atoms with Crippen molar-refractivity contribution >= 4 is 5.91 Å². The van der Waals surface area contributed by atoms with Crippen LogP contribution in [-0.4, -0.2) is 23.9 Å². The second kappa shape index (κ2) is 7.63. The standard InChI is InChI=1S/C21H26N2O/c1-16(23-13-3-2-4-14-23)18-9-11-20(12-10-18)19-7-5-17(6-8-19)15-21(22)24/h5-12,16H,2-4,13-15H2,1H3,(H2,22,24)/t16-/m1/s1. The van der Waals surface area contributed by atoms with Crippen LogP contribution in [0.3, 0.4) is 0 Å². The van der Waals surface area contributed by atoms with Crippen molar-refractivity contribution < 1.29 is 4.79 Å². The molecule has 2 aromatic carbocycles. The molecule has 3 nitrogen and oxygen atoms in total. The Morgan fingerprint density at radius 1 is 0.958 bits per heavy atom. The molecule has 1 aliphatic rings. The summed E-state index contributed by atoms with van der Waals surface area (Å²) < 4.78 is 0. The van der Waals surface area contributed by atoms with Crippen LogP contribution in [0.2, 0.25) is 0 Å². The van der Waals surface area contributed by atoms with Gasteiger partial charge < -0.3 is 5.73 Å². The van der Waals surface area contributed by atoms with Crippen molar-refractivity contribution in [1.82, 2.24) is 4.90 Å². The van der Waals surface area contributed by atoms with Crippen molar-refractivity contribution in [2.45, 2.75) is 38.6 Å². The van der Waals surface area contributed by atoms with E-state index in [4.69, 9.17) is 5.73 Å². The van der Waals surface area contributed by atoms with E-state index in [0.717, 1.165) is 5.56 Å². The minimum Gasteiger partial charge on any atom is -0.369 e. The number of carbonyl (C=O) groups excluding carboxylic acids is 1. The number of hydrogen-bond acceptors (Lipinski definition) is 2. The Kier molecular flexibility index (Phi) is 5.31. The summed E-state index contributed by atoms with van der Waals surface area (Å²) in [5.41, 5.74) is 9.95. The minimum atomic E-state index is -0.293. The van der Waals surface area contributed by atoms with E-state index in [1.165, 1.54) is 49.0 Å². The number of benzene rings is 2. The molecule has 0 radical (unpaired) electrons. The summed E-state index contributed by atoms with van der Waals surface area (Å²) in [6, 6.07) is 17.4. The molecule has 1 amide bonds. The fraction of sp³-hybridized carbons (Fsp3) is 0.381. The zero-order valence-electron chi connectivity index (χ0n) is 14.4. The van der Waals surface area contributed by atoms with E-state index >= 15 is 0 Å². The normalized spacial score (nSPS) is 16.7. The number of likely N-dealkylation sites (tertiary alicyclic amines) is 1. The molecule has 0 aliphatic carbocycles. The molecular weight excluding hydrogens is 296 g/mol. The first-order valence-corrected chi connectivity index (χ1v) is 8.85. The van der Waals surface area contributed by atoms with Crippen LogP contribution in [0.5, 0.6) is 0 Å². The highest BCUT2D eigenvalue weighted by Crippen LogP contribution is 2.27. The van der Waals surface area contributed by atoms with Gasteiger partial charge in [0.05, 0.1) is 6.42 Å². The van der Waals surface area contributed by atoms with E-state index in [1.54, 1.807) is 0 Å². The topological polar surface area (TPSA) is 46.3 Å². The first kappa shape index (κ1) is 16.7. The maximum absolute atomic E-state index is 11.0. The molecule has 1 fully saturated rings. The van der Waals surface area contributed by atoms with Gasteiger partial charge in [-0.05, 0) is 55.1 Å². The zero-order chi connectivity index (χ0) is 16.9. The predicted molar refractivity (Wildman–Crippen MR) is 98.6 cm³/mol. The number of nitrogens with zero attached hydrogens (tertiary/aromatic N) is 1. The lowest BCUT2D eigenvalue weighted by Crippen LogP contribution is -2.32. The molecule has 1 saturated heterocycles. The highest BCUT2D eigenvalue weighted by molar-refractivity contribution is 5.77. The van der Waals surface area contributed by atoms with Crippen LogP contribution in [0.15, 0.2) is 48.5 Å². The molecule has 0 unspecified atom stereocenters. The van der Waals surface area contributed by atoms with Gasteiger partial charge in [-0.1, -0.05) is 55.0 Å². The lowest BCUT2D eigenvalue weighted by Gasteiger charge is -2.32. The summed E-state index contributed by atoms with van der Waals surface area (Å²) in [5, 5.41) is 0. The molecular formula is C21H26N2O. The number of amides is 1. The van der Waals surface area contributed by atoms with Crippen molar-refractivity contribution in [1.29, 1.82) is 0 Å². The fourth-order valence-corrected chi connectivity index (χ4v) is 3.49. The number of rotatable bonds is 5. The highest BCUT2D eigenvalue weighted by Gasteiger charge is 2.17. The summed E-state index contributed by atoms with van der Waals surface area (Å²) in [4.78, 5) is 13.6. The van der Waals surface area contributed by atoms with Crippen LogP contribution in [0.25, 0.3) is 11.1 Å². The molecule has 1 heterocycles. The van der Waals surface area contributed by atoms with Crippen molar-refractivity contribution in [3.05, 3.63) is 59.7 Å². The maximum atomic E-state index is 11.0. The van der Waals surface area contributed by atoms with Crippen LogP contribution in [0, 0.1) is 0 Å². The van der Waals surface area contributed by atoms with Crippen LogP contribution in [0.4, 0.5) is 0 Å². The van der Waals surface area contributed by atoms with Crippen molar-refractivity contribution in [3.63, 3.8) is 0 Å². The van der Waals surface area contributed by atoms with Crippen molar-refractivity contribution in [3.8, 4) is 11.1 Å². The lowest BCUT2D eigenvalue weighted by molar-refractivity contribution is -0.117. The zero-order valence-corrected chi connectivity index (χ0v) is 14.4. The third-order valence-corrected chi connectivity index (χ3v) is 5.00. The van der Waals surface area contributed by atoms with Crippen LogP contribution in [0.1, 0.15) is 43.4 Å². The summed E-state index contributed by atoms with van der Waals surface area (Å²) in [5.74, 6) is -0.293. The van der Waals surface area contributed by atoms with E-state index in [1.807, 2.05) is 12.1 Å². The Labute approximate surface area is 144 Å². The number of primary amides is 1. The molecule has 0 spiro atoms. The van der Waals surface area contributed by atoms with Gasteiger partial charge in [-0.25, -0.2) is 0 Å². The molecule has 2 N–H and O–H groups in total. The summed E-state index contributed by atoms with van der Waals surface area (Å²) in [6.45, 7) is 4.73. The second-order valence-electron chi connectivity index (χ2n) is 6.73. The summed E-state index contributed by atoms with van der Waals surface area (Å²) in [6.07, 6.45) is 4.31. The van der Waals surface area contributed by atoms with Gasteiger partial charge in [0, 0.05) is 6.04 Å². The molecule has 3 rings (SSSR count). The van der Waals surface area contributed by atoms with E-state index in [9.17, 15) is 4.79 Å². The Morgan fingerprint density at radius 3 is 2.04 bits per heavy atom. The smallest absolute Gasteiger partial charge is 0.221 e. The van der Waals surface area contributed by atoms with E-state index < -0.39 is 0 Å². The Morgan fingerprint density at radius 2 is 1.50 bits per heavy atom. The molecule has 126 valence electrons. The molecule has 24 heavy (non-hydrogen) atoms. The van der Waals surface area contributed by atoms with Gasteiger partial charge in [0.2, 0.25) is 5.91 Å². The predicted octanol–water partition coefficient (Wildman–Crippen LogP) is 3.93. The molecule has 1 aliphatic heterocycles. The average Bonchev–Trinajstić information content (AvgIpc) is 2.62. The quantitative estimate of drug-likeness (QED) is 0.906. The first-order chi connectivity index (χ1) is 11.6. The number of nitrogens with two attached hydrogens (primary N) is 1. The third kappa shape index (κ3) is 4.04. The SMILES string of the molecule is C[C@H](c1ccc(-c2ccc(CC(N)=O)cc2)cc1)N1CCCCC1. The molecule has 2 aromatic rings. The van der Waals surface area contributed by atoms with Gasteiger partial charge in [-0.15, -0.1) is 0 Å². The van der Waals surface area contributed by atoms with Gasteiger partial charge in [0.25, 0.3) is 0 Å². The molecule has 1 atom stereocenters. The summed E-state index contributed by atoms with van der Waals surface area (Å²) in [7, 11) is 0. The largest absolute Gasteiger partial charge is 0.369 e. The second-order valence-corrected chi connectivity index (χ2v) is 6.73. The molecule has 3 heteroatoms. The first-order valence-electron chi connectivity index (χ1n) is 8.85. The highest BCUT2D eigenvalue weighted by atomic mass is 16.1. The fourth-order valence-electron chi connectivity index (χ4n) is 3.49.